The second kappa shape index (κ2) is 7.58. The van der Waals surface area contributed by atoms with E-state index in [9.17, 15) is 14.3 Å². The second-order valence-corrected chi connectivity index (χ2v) is 6.02. The van der Waals surface area contributed by atoms with Crippen molar-refractivity contribution >= 4 is 17.6 Å². The zero-order valence-electron chi connectivity index (χ0n) is 13.8. The minimum atomic E-state index is -1.04. The zero-order chi connectivity index (χ0) is 18.7. The Balaban J connectivity index is 2.13. The topological polar surface area (TPSA) is 72.6 Å². The van der Waals surface area contributed by atoms with Crippen LogP contribution >= 0.6 is 11.6 Å². The Labute approximate surface area is 154 Å². The standard InChI is InChI=1S/C19H15ClFNO4/c1-25-18-14(3-2-4-16(18)20)11-7-12(9-13(21)8-11)15(10-17(23)24)19-22-5-6-26-19/h2-9,15H,10H2,1H3,(H,23,24). The lowest BCUT2D eigenvalue weighted by Crippen LogP contribution is -2.09. The molecule has 0 aliphatic rings. The summed E-state index contributed by atoms with van der Waals surface area (Å²) >= 11 is 6.15. The van der Waals surface area contributed by atoms with E-state index in [1.165, 1.54) is 31.7 Å². The monoisotopic (exact) mass is 375 g/mol. The molecule has 1 atom stereocenters. The molecule has 0 amide bonds. The number of aromatic nitrogens is 1. The van der Waals surface area contributed by atoms with Gasteiger partial charge in [0.25, 0.3) is 0 Å². The molecule has 26 heavy (non-hydrogen) atoms. The number of carbonyl (C=O) groups is 1. The third-order valence-corrected chi connectivity index (χ3v) is 4.23. The Morgan fingerprint density at radius 3 is 2.85 bits per heavy atom. The summed E-state index contributed by atoms with van der Waals surface area (Å²) in [7, 11) is 1.48. The van der Waals surface area contributed by atoms with Gasteiger partial charge in [0.1, 0.15) is 17.8 Å². The first-order valence-corrected chi connectivity index (χ1v) is 8.12. The number of para-hydroxylation sites is 1. The number of methoxy groups -OCH3 is 1. The molecule has 0 radical (unpaired) electrons. The van der Waals surface area contributed by atoms with Gasteiger partial charge in [-0.1, -0.05) is 23.7 Å². The van der Waals surface area contributed by atoms with Crippen molar-refractivity contribution in [2.45, 2.75) is 12.3 Å². The van der Waals surface area contributed by atoms with E-state index in [4.69, 9.17) is 20.8 Å². The molecule has 1 aromatic heterocycles. The van der Waals surface area contributed by atoms with E-state index in [0.29, 0.717) is 27.5 Å². The maximum Gasteiger partial charge on any atom is 0.304 e. The molecule has 2 aromatic carbocycles. The molecule has 1 N–H and O–H groups in total. The van der Waals surface area contributed by atoms with Crippen LogP contribution in [0.1, 0.15) is 23.8 Å². The van der Waals surface area contributed by atoms with Crippen molar-refractivity contribution in [3.8, 4) is 16.9 Å². The summed E-state index contributed by atoms with van der Waals surface area (Å²) in [6.07, 6.45) is 2.49. The summed E-state index contributed by atoms with van der Waals surface area (Å²) in [6, 6.07) is 9.46. The molecule has 0 saturated heterocycles. The first-order chi connectivity index (χ1) is 12.5. The number of rotatable bonds is 6. The van der Waals surface area contributed by atoms with Crippen molar-refractivity contribution in [3.05, 3.63) is 71.2 Å². The molecular formula is C19H15ClFNO4. The van der Waals surface area contributed by atoms with Crippen LogP contribution in [0.25, 0.3) is 11.1 Å². The molecule has 0 aliphatic heterocycles. The molecule has 0 saturated carbocycles. The lowest BCUT2D eigenvalue weighted by molar-refractivity contribution is -0.137. The fraction of sp³-hybridized carbons (Fsp3) is 0.158. The third-order valence-electron chi connectivity index (χ3n) is 3.93. The molecule has 134 valence electrons. The van der Waals surface area contributed by atoms with Crippen molar-refractivity contribution < 1.29 is 23.4 Å². The third kappa shape index (κ3) is 3.70. The fourth-order valence-electron chi connectivity index (χ4n) is 2.84. The summed E-state index contributed by atoms with van der Waals surface area (Å²) in [5.41, 5.74) is 1.55. The predicted molar refractivity (Wildman–Crippen MR) is 94.0 cm³/mol. The molecule has 5 nitrogen and oxygen atoms in total. The summed E-state index contributed by atoms with van der Waals surface area (Å²) in [4.78, 5) is 15.3. The second-order valence-electron chi connectivity index (χ2n) is 5.61. The molecule has 7 heteroatoms. The van der Waals surface area contributed by atoms with E-state index >= 15 is 0 Å². The Kier molecular flexibility index (Phi) is 5.23. The number of ether oxygens (including phenoxy) is 1. The summed E-state index contributed by atoms with van der Waals surface area (Å²) in [5, 5.41) is 9.61. The summed E-state index contributed by atoms with van der Waals surface area (Å²) in [6.45, 7) is 0. The summed E-state index contributed by atoms with van der Waals surface area (Å²) < 4.78 is 24.9. The van der Waals surface area contributed by atoms with E-state index in [1.54, 1.807) is 24.3 Å². The van der Waals surface area contributed by atoms with E-state index in [0.717, 1.165) is 0 Å². The molecule has 0 bridgehead atoms. The quantitative estimate of drug-likeness (QED) is 0.673. The predicted octanol–water partition coefficient (Wildman–Crippen LogP) is 4.75. The molecule has 0 spiro atoms. The molecule has 1 unspecified atom stereocenters. The molecule has 0 aliphatic carbocycles. The lowest BCUT2D eigenvalue weighted by Gasteiger charge is -2.15. The van der Waals surface area contributed by atoms with Crippen molar-refractivity contribution in [2.24, 2.45) is 0 Å². The number of benzene rings is 2. The van der Waals surface area contributed by atoms with Crippen molar-refractivity contribution in [1.82, 2.24) is 4.98 Å². The van der Waals surface area contributed by atoms with Crippen molar-refractivity contribution in [2.75, 3.05) is 7.11 Å². The average Bonchev–Trinajstić information content (AvgIpc) is 3.13. The van der Waals surface area contributed by atoms with Crippen LogP contribution in [-0.2, 0) is 4.79 Å². The highest BCUT2D eigenvalue weighted by molar-refractivity contribution is 6.32. The molecule has 3 rings (SSSR count). The number of hydrogen-bond donors (Lipinski definition) is 1. The fourth-order valence-corrected chi connectivity index (χ4v) is 3.09. The van der Waals surface area contributed by atoms with Crippen LogP contribution in [0.4, 0.5) is 4.39 Å². The minimum Gasteiger partial charge on any atom is -0.495 e. The minimum absolute atomic E-state index is 0.210. The van der Waals surface area contributed by atoms with Gasteiger partial charge < -0.3 is 14.3 Å². The highest BCUT2D eigenvalue weighted by atomic mass is 35.5. The van der Waals surface area contributed by atoms with Crippen LogP contribution in [0.2, 0.25) is 5.02 Å². The van der Waals surface area contributed by atoms with Gasteiger partial charge in [-0.15, -0.1) is 0 Å². The Bertz CT molecular complexity index is 927. The maximum atomic E-state index is 14.3. The Hall–Kier alpha value is -2.86. The van der Waals surface area contributed by atoms with Crippen LogP contribution in [-0.4, -0.2) is 23.2 Å². The van der Waals surface area contributed by atoms with Crippen LogP contribution in [0.15, 0.2) is 53.3 Å². The zero-order valence-corrected chi connectivity index (χ0v) is 14.5. The van der Waals surface area contributed by atoms with Gasteiger partial charge in [0.15, 0.2) is 0 Å². The van der Waals surface area contributed by atoms with Gasteiger partial charge >= 0.3 is 5.97 Å². The van der Waals surface area contributed by atoms with Crippen LogP contribution < -0.4 is 4.74 Å². The van der Waals surface area contributed by atoms with Gasteiger partial charge in [0.05, 0.1) is 30.7 Å². The van der Waals surface area contributed by atoms with Gasteiger partial charge in [-0.2, -0.15) is 0 Å². The van der Waals surface area contributed by atoms with Crippen LogP contribution in [0.3, 0.4) is 0 Å². The molecule has 3 aromatic rings. The largest absolute Gasteiger partial charge is 0.495 e. The number of hydrogen-bond acceptors (Lipinski definition) is 4. The van der Waals surface area contributed by atoms with E-state index in [2.05, 4.69) is 4.98 Å². The summed E-state index contributed by atoms with van der Waals surface area (Å²) in [5.74, 6) is -1.65. The van der Waals surface area contributed by atoms with E-state index < -0.39 is 17.7 Å². The first-order valence-electron chi connectivity index (χ1n) is 7.74. The van der Waals surface area contributed by atoms with Gasteiger partial charge in [0.2, 0.25) is 5.89 Å². The van der Waals surface area contributed by atoms with Crippen molar-refractivity contribution in [3.63, 3.8) is 0 Å². The first kappa shape index (κ1) is 17.9. The van der Waals surface area contributed by atoms with E-state index in [-0.39, 0.29) is 12.3 Å². The van der Waals surface area contributed by atoms with Crippen LogP contribution in [0.5, 0.6) is 5.75 Å². The number of halogens is 2. The highest BCUT2D eigenvalue weighted by Gasteiger charge is 2.24. The Morgan fingerprint density at radius 2 is 2.19 bits per heavy atom. The molecular weight excluding hydrogens is 361 g/mol. The number of carboxylic acid groups (broad SMARTS) is 1. The number of oxazole rings is 1. The van der Waals surface area contributed by atoms with Gasteiger partial charge in [-0.3, -0.25) is 4.79 Å². The Morgan fingerprint density at radius 1 is 1.38 bits per heavy atom. The SMILES string of the molecule is COc1c(Cl)cccc1-c1cc(F)cc(C(CC(=O)O)c2ncco2)c1. The van der Waals surface area contributed by atoms with E-state index in [1.807, 2.05) is 0 Å². The van der Waals surface area contributed by atoms with Gasteiger partial charge in [-0.25, -0.2) is 9.37 Å². The lowest BCUT2D eigenvalue weighted by atomic mass is 9.92. The number of nitrogens with zero attached hydrogens (tertiary/aromatic N) is 1. The smallest absolute Gasteiger partial charge is 0.304 e. The van der Waals surface area contributed by atoms with Gasteiger partial charge in [0, 0.05) is 5.56 Å². The maximum absolute atomic E-state index is 14.3. The highest BCUT2D eigenvalue weighted by Crippen LogP contribution is 2.38. The van der Waals surface area contributed by atoms with Gasteiger partial charge in [-0.05, 0) is 35.4 Å². The number of aliphatic carboxylic acids is 1. The van der Waals surface area contributed by atoms with Crippen LogP contribution in [0, 0.1) is 5.82 Å². The molecule has 0 fully saturated rings. The normalized spacial score (nSPS) is 12.0. The molecule has 1 heterocycles. The number of carboxylic acids is 1. The van der Waals surface area contributed by atoms with Crippen molar-refractivity contribution in [1.29, 1.82) is 0 Å². The average molecular weight is 376 g/mol.